The maximum Gasteiger partial charge on any atom is 0.119 e. The lowest BCUT2D eigenvalue weighted by Gasteiger charge is -2.29. The smallest absolute Gasteiger partial charge is 0.119 e. The molecule has 0 aliphatic carbocycles. The van der Waals surface area contributed by atoms with E-state index < -0.39 is 0 Å². The average Bonchev–Trinajstić information content (AvgIpc) is 2.33. The Labute approximate surface area is 96.2 Å². The highest BCUT2D eigenvalue weighted by Crippen LogP contribution is 2.23. The quantitative estimate of drug-likeness (QED) is 0.714. The van der Waals surface area contributed by atoms with Crippen LogP contribution in [0.15, 0.2) is 35.4 Å². The Bertz CT molecular complexity index is 395. The van der Waals surface area contributed by atoms with E-state index in [1.807, 2.05) is 29.3 Å². The van der Waals surface area contributed by atoms with Crippen molar-refractivity contribution in [2.45, 2.75) is 13.8 Å². The zero-order chi connectivity index (χ0) is 11.5. The van der Waals surface area contributed by atoms with Crippen LogP contribution in [0.1, 0.15) is 13.8 Å². The Morgan fingerprint density at radius 2 is 1.81 bits per heavy atom. The highest BCUT2D eigenvalue weighted by Gasteiger charge is 2.14. The summed E-state index contributed by atoms with van der Waals surface area (Å²) in [5.74, 6) is 0.865. The molecule has 0 unspecified atom stereocenters. The number of rotatable bonds is 2. The molecular formula is C13H17NO2. The third-order valence-electron chi connectivity index (χ3n) is 2.91. The van der Waals surface area contributed by atoms with E-state index >= 15 is 0 Å². The average molecular weight is 219 g/mol. The molecule has 2 rings (SSSR count). The first kappa shape index (κ1) is 11.0. The molecule has 0 spiro atoms. The van der Waals surface area contributed by atoms with Gasteiger partial charge in [-0.25, -0.2) is 5.06 Å². The van der Waals surface area contributed by atoms with Gasteiger partial charge in [-0.05, 0) is 43.7 Å². The fourth-order valence-corrected chi connectivity index (χ4v) is 1.61. The Kier molecular flexibility index (Phi) is 3.15. The van der Waals surface area contributed by atoms with Crippen molar-refractivity contribution in [2.24, 2.45) is 0 Å². The number of anilines is 1. The van der Waals surface area contributed by atoms with Gasteiger partial charge in [0.2, 0.25) is 0 Å². The molecule has 0 N–H and O–H groups in total. The second-order valence-corrected chi connectivity index (χ2v) is 4.07. The van der Waals surface area contributed by atoms with Gasteiger partial charge in [0.1, 0.15) is 5.75 Å². The van der Waals surface area contributed by atoms with Gasteiger partial charge < -0.3 is 4.74 Å². The molecule has 0 saturated carbocycles. The third kappa shape index (κ3) is 2.19. The van der Waals surface area contributed by atoms with E-state index in [4.69, 9.17) is 9.57 Å². The van der Waals surface area contributed by atoms with Crippen molar-refractivity contribution < 1.29 is 9.57 Å². The monoisotopic (exact) mass is 219 g/mol. The summed E-state index contributed by atoms with van der Waals surface area (Å²) < 4.78 is 5.13. The van der Waals surface area contributed by atoms with E-state index in [-0.39, 0.29) is 0 Å². The molecule has 0 saturated heterocycles. The van der Waals surface area contributed by atoms with E-state index in [1.54, 1.807) is 7.11 Å². The van der Waals surface area contributed by atoms with Crippen molar-refractivity contribution in [3.63, 3.8) is 0 Å². The maximum absolute atomic E-state index is 5.65. The van der Waals surface area contributed by atoms with Gasteiger partial charge in [-0.2, -0.15) is 0 Å². The normalized spacial score (nSPS) is 16.6. The minimum atomic E-state index is 0.678. The second kappa shape index (κ2) is 4.58. The van der Waals surface area contributed by atoms with Gasteiger partial charge in [0, 0.05) is 0 Å². The van der Waals surface area contributed by atoms with Crippen molar-refractivity contribution in [3.8, 4) is 5.75 Å². The standard InChI is InChI=1S/C13H17NO2/c1-10-8-14(16-9-11(10)2)12-4-6-13(15-3)7-5-12/h4-7H,8-9H2,1-3H3. The fraction of sp³-hybridized carbons (Fsp3) is 0.385. The second-order valence-electron chi connectivity index (χ2n) is 4.07. The summed E-state index contributed by atoms with van der Waals surface area (Å²) in [5, 5.41) is 1.92. The molecule has 0 fully saturated rings. The highest BCUT2D eigenvalue weighted by atomic mass is 16.7. The molecule has 3 nitrogen and oxygen atoms in total. The molecular weight excluding hydrogens is 202 g/mol. The van der Waals surface area contributed by atoms with Crippen molar-refractivity contribution in [3.05, 3.63) is 35.4 Å². The van der Waals surface area contributed by atoms with Gasteiger partial charge in [0.15, 0.2) is 0 Å². The lowest BCUT2D eigenvalue weighted by atomic mass is 10.1. The van der Waals surface area contributed by atoms with Gasteiger partial charge in [0.25, 0.3) is 0 Å². The summed E-state index contributed by atoms with van der Waals surface area (Å²) in [4.78, 5) is 5.65. The Morgan fingerprint density at radius 3 is 2.38 bits per heavy atom. The number of benzene rings is 1. The number of nitrogens with zero attached hydrogens (tertiary/aromatic N) is 1. The summed E-state index contributed by atoms with van der Waals surface area (Å²) in [5.41, 5.74) is 3.76. The van der Waals surface area contributed by atoms with Crippen LogP contribution in [0.3, 0.4) is 0 Å². The van der Waals surface area contributed by atoms with Crippen LogP contribution in [0.2, 0.25) is 0 Å². The van der Waals surface area contributed by atoms with Crippen LogP contribution in [-0.2, 0) is 4.84 Å². The summed E-state index contributed by atoms with van der Waals surface area (Å²) in [6.45, 7) is 5.77. The predicted molar refractivity (Wildman–Crippen MR) is 64.7 cm³/mol. The number of hydrogen-bond acceptors (Lipinski definition) is 3. The molecule has 86 valence electrons. The maximum atomic E-state index is 5.65. The van der Waals surface area contributed by atoms with Gasteiger partial charge in [-0.1, -0.05) is 5.57 Å². The fourth-order valence-electron chi connectivity index (χ4n) is 1.61. The van der Waals surface area contributed by atoms with E-state index in [2.05, 4.69) is 13.8 Å². The van der Waals surface area contributed by atoms with E-state index in [0.29, 0.717) is 6.61 Å². The molecule has 1 aliphatic heterocycles. The summed E-state index contributed by atoms with van der Waals surface area (Å²) in [6.07, 6.45) is 0. The van der Waals surface area contributed by atoms with Crippen molar-refractivity contribution in [2.75, 3.05) is 25.3 Å². The minimum absolute atomic E-state index is 0.678. The number of methoxy groups -OCH3 is 1. The number of hydrogen-bond donors (Lipinski definition) is 0. The van der Waals surface area contributed by atoms with E-state index in [0.717, 1.165) is 18.0 Å². The van der Waals surface area contributed by atoms with Crippen LogP contribution in [0.25, 0.3) is 0 Å². The SMILES string of the molecule is COc1ccc(N2CC(C)=C(C)CO2)cc1. The first-order valence-corrected chi connectivity index (χ1v) is 5.40. The van der Waals surface area contributed by atoms with Crippen molar-refractivity contribution in [1.29, 1.82) is 0 Å². The van der Waals surface area contributed by atoms with Crippen LogP contribution < -0.4 is 9.80 Å². The predicted octanol–water partition coefficient (Wildman–Crippen LogP) is 2.78. The molecule has 0 radical (unpaired) electrons. The molecule has 1 aromatic carbocycles. The van der Waals surface area contributed by atoms with Crippen LogP contribution >= 0.6 is 0 Å². The first-order chi connectivity index (χ1) is 7.70. The molecule has 0 bridgehead atoms. The summed E-state index contributed by atoms with van der Waals surface area (Å²) in [7, 11) is 1.67. The van der Waals surface area contributed by atoms with Crippen LogP contribution in [0, 0.1) is 0 Å². The number of hydroxylamine groups is 1. The van der Waals surface area contributed by atoms with E-state index in [9.17, 15) is 0 Å². The Balaban J connectivity index is 2.13. The molecule has 1 aromatic rings. The summed E-state index contributed by atoms with van der Waals surface area (Å²) >= 11 is 0. The van der Waals surface area contributed by atoms with Gasteiger partial charge in [-0.15, -0.1) is 0 Å². The third-order valence-corrected chi connectivity index (χ3v) is 2.91. The van der Waals surface area contributed by atoms with Crippen LogP contribution in [0.5, 0.6) is 5.75 Å². The van der Waals surface area contributed by atoms with Crippen molar-refractivity contribution >= 4 is 5.69 Å². The van der Waals surface area contributed by atoms with Crippen molar-refractivity contribution in [1.82, 2.24) is 0 Å². The zero-order valence-corrected chi connectivity index (χ0v) is 9.99. The molecule has 0 aromatic heterocycles. The molecule has 16 heavy (non-hydrogen) atoms. The van der Waals surface area contributed by atoms with Crippen LogP contribution in [-0.4, -0.2) is 20.3 Å². The first-order valence-electron chi connectivity index (χ1n) is 5.40. The molecule has 0 atom stereocenters. The van der Waals surface area contributed by atoms with Gasteiger partial charge in [0.05, 0.1) is 25.9 Å². The van der Waals surface area contributed by atoms with Gasteiger partial charge in [-0.3, -0.25) is 4.84 Å². The lowest BCUT2D eigenvalue weighted by Crippen LogP contribution is -2.31. The topological polar surface area (TPSA) is 21.7 Å². The largest absolute Gasteiger partial charge is 0.497 e. The molecule has 0 amide bonds. The minimum Gasteiger partial charge on any atom is -0.497 e. The lowest BCUT2D eigenvalue weighted by molar-refractivity contribution is 0.122. The molecule has 3 heteroatoms. The van der Waals surface area contributed by atoms with Gasteiger partial charge >= 0.3 is 0 Å². The zero-order valence-electron chi connectivity index (χ0n) is 9.99. The highest BCUT2D eigenvalue weighted by molar-refractivity contribution is 5.48. The molecule has 1 heterocycles. The summed E-state index contributed by atoms with van der Waals surface area (Å²) in [6, 6.07) is 7.90. The number of ether oxygens (including phenoxy) is 1. The van der Waals surface area contributed by atoms with Crippen LogP contribution in [0.4, 0.5) is 5.69 Å². The Hall–Kier alpha value is -1.48. The Morgan fingerprint density at radius 1 is 1.12 bits per heavy atom. The molecule has 1 aliphatic rings. The van der Waals surface area contributed by atoms with E-state index in [1.165, 1.54) is 11.1 Å².